The molecule has 0 bridgehead atoms. The number of carbonyl (C=O) groups excluding carboxylic acids is 1. The zero-order valence-electron chi connectivity index (χ0n) is 10.0. The molecular weight excluding hydrogens is 316 g/mol. The van der Waals surface area contributed by atoms with Crippen LogP contribution in [0.2, 0.25) is 0 Å². The number of hydrogen-bond donors (Lipinski definition) is 2. The van der Waals surface area contributed by atoms with Gasteiger partial charge in [0.15, 0.2) is 0 Å². The predicted molar refractivity (Wildman–Crippen MR) is 72.8 cm³/mol. The summed E-state index contributed by atoms with van der Waals surface area (Å²) in [5.74, 6) is -1.69. The van der Waals surface area contributed by atoms with Gasteiger partial charge in [0.25, 0.3) is 5.56 Å². The Kier molecular flexibility index (Phi) is 5.50. The molecule has 1 aromatic rings. The van der Waals surface area contributed by atoms with Crippen molar-refractivity contribution in [1.29, 1.82) is 0 Å². The van der Waals surface area contributed by atoms with Gasteiger partial charge in [0.2, 0.25) is 5.91 Å². The summed E-state index contributed by atoms with van der Waals surface area (Å²) in [6.45, 7) is 3.19. The van der Waals surface area contributed by atoms with Crippen molar-refractivity contribution in [2.75, 3.05) is 0 Å². The number of aliphatic carboxylic acids is 1. The van der Waals surface area contributed by atoms with Crippen LogP contribution in [-0.2, 0) is 16.1 Å². The van der Waals surface area contributed by atoms with Crippen LogP contribution in [0.4, 0.5) is 0 Å². The van der Waals surface area contributed by atoms with E-state index in [0.29, 0.717) is 4.47 Å². The summed E-state index contributed by atoms with van der Waals surface area (Å²) in [5.41, 5.74) is -0.339. The quantitative estimate of drug-likeness (QED) is 0.754. The Balaban J connectivity index is 2.74. The molecule has 102 valence electrons. The van der Waals surface area contributed by atoms with Crippen LogP contribution in [0.5, 0.6) is 0 Å². The topological polar surface area (TPSA) is 88.4 Å². The summed E-state index contributed by atoms with van der Waals surface area (Å²) in [5, 5.41) is 11.2. The second-order valence-electron chi connectivity index (χ2n) is 3.80. The van der Waals surface area contributed by atoms with Crippen molar-refractivity contribution >= 4 is 27.8 Å². The lowest BCUT2D eigenvalue weighted by molar-refractivity contribution is -0.141. The summed E-state index contributed by atoms with van der Waals surface area (Å²) >= 11 is 3.19. The van der Waals surface area contributed by atoms with E-state index < -0.39 is 17.9 Å². The van der Waals surface area contributed by atoms with Crippen molar-refractivity contribution < 1.29 is 14.7 Å². The van der Waals surface area contributed by atoms with Crippen LogP contribution >= 0.6 is 15.9 Å². The van der Waals surface area contributed by atoms with Gasteiger partial charge in [-0.2, -0.15) is 0 Å². The Morgan fingerprint density at radius 3 is 2.79 bits per heavy atom. The number of aromatic nitrogens is 1. The van der Waals surface area contributed by atoms with E-state index in [0.717, 1.165) is 0 Å². The number of carbonyl (C=O) groups is 2. The number of carboxylic acids is 1. The molecule has 6 nitrogen and oxygen atoms in total. The van der Waals surface area contributed by atoms with Crippen LogP contribution in [-0.4, -0.2) is 27.6 Å². The monoisotopic (exact) mass is 328 g/mol. The van der Waals surface area contributed by atoms with Crippen LogP contribution in [0.25, 0.3) is 0 Å². The fourth-order valence-corrected chi connectivity index (χ4v) is 1.79. The van der Waals surface area contributed by atoms with Crippen molar-refractivity contribution in [2.45, 2.75) is 19.0 Å². The second-order valence-corrected chi connectivity index (χ2v) is 4.71. The smallest absolute Gasteiger partial charge is 0.326 e. The molecule has 1 unspecified atom stereocenters. The van der Waals surface area contributed by atoms with E-state index in [-0.39, 0.29) is 18.5 Å². The summed E-state index contributed by atoms with van der Waals surface area (Å²) in [4.78, 5) is 34.0. The van der Waals surface area contributed by atoms with Crippen molar-refractivity contribution in [3.63, 3.8) is 0 Å². The molecule has 1 aromatic heterocycles. The van der Waals surface area contributed by atoms with E-state index >= 15 is 0 Å². The highest BCUT2D eigenvalue weighted by molar-refractivity contribution is 9.10. The molecule has 2 N–H and O–H groups in total. The molecule has 0 saturated heterocycles. The molecule has 0 aliphatic heterocycles. The standard InChI is InChI=1S/C12H13BrN2O4/c1-2-3-9(12(18)19)14-10(16)7-15-6-8(13)4-5-11(15)17/h2,4-6,9H,1,3,7H2,(H,14,16)(H,18,19). The number of nitrogens with one attached hydrogen (secondary N) is 1. The van der Waals surface area contributed by atoms with E-state index in [9.17, 15) is 14.4 Å². The molecule has 1 amide bonds. The summed E-state index contributed by atoms with van der Waals surface area (Å²) < 4.78 is 1.84. The van der Waals surface area contributed by atoms with Gasteiger partial charge in [-0.1, -0.05) is 6.08 Å². The average Bonchev–Trinajstić information content (AvgIpc) is 2.33. The van der Waals surface area contributed by atoms with E-state index in [4.69, 9.17) is 5.11 Å². The summed E-state index contributed by atoms with van der Waals surface area (Å²) in [6.07, 6.45) is 2.99. The largest absolute Gasteiger partial charge is 0.480 e. The lowest BCUT2D eigenvalue weighted by Crippen LogP contribution is -2.42. The summed E-state index contributed by atoms with van der Waals surface area (Å²) in [7, 11) is 0. The predicted octanol–water partition coefficient (Wildman–Crippen LogP) is 0.756. The first-order chi connectivity index (χ1) is 8.93. The number of halogens is 1. The minimum Gasteiger partial charge on any atom is -0.480 e. The highest BCUT2D eigenvalue weighted by Crippen LogP contribution is 2.04. The SMILES string of the molecule is C=CCC(NC(=O)Cn1cc(Br)ccc1=O)C(=O)O. The highest BCUT2D eigenvalue weighted by Gasteiger charge is 2.18. The van der Waals surface area contributed by atoms with E-state index in [2.05, 4.69) is 27.8 Å². The maximum Gasteiger partial charge on any atom is 0.326 e. The first-order valence-corrected chi connectivity index (χ1v) is 6.22. The third kappa shape index (κ3) is 4.70. The Bertz CT molecular complexity index is 553. The molecule has 0 fully saturated rings. The van der Waals surface area contributed by atoms with Gasteiger partial charge in [-0.25, -0.2) is 4.79 Å². The van der Waals surface area contributed by atoms with E-state index in [1.54, 1.807) is 6.07 Å². The van der Waals surface area contributed by atoms with Gasteiger partial charge in [0.1, 0.15) is 12.6 Å². The molecule has 0 aliphatic carbocycles. The zero-order chi connectivity index (χ0) is 14.4. The number of pyridine rings is 1. The van der Waals surface area contributed by atoms with Crippen LogP contribution < -0.4 is 10.9 Å². The average molecular weight is 329 g/mol. The molecule has 0 spiro atoms. The normalized spacial score (nSPS) is 11.6. The van der Waals surface area contributed by atoms with Crippen molar-refractivity contribution in [3.8, 4) is 0 Å². The molecule has 7 heteroatoms. The number of amides is 1. The van der Waals surface area contributed by atoms with Gasteiger partial charge in [-0.15, -0.1) is 6.58 Å². The first-order valence-electron chi connectivity index (χ1n) is 5.43. The number of rotatable bonds is 6. The Labute approximate surface area is 117 Å². The number of hydrogen-bond acceptors (Lipinski definition) is 3. The van der Waals surface area contributed by atoms with Crippen molar-refractivity contribution in [1.82, 2.24) is 9.88 Å². The molecule has 19 heavy (non-hydrogen) atoms. The fraction of sp³-hybridized carbons (Fsp3) is 0.250. The Morgan fingerprint density at radius 1 is 1.53 bits per heavy atom. The second kappa shape index (κ2) is 6.89. The van der Waals surface area contributed by atoms with E-state index in [1.807, 2.05) is 0 Å². The summed E-state index contributed by atoms with van der Waals surface area (Å²) in [6, 6.07) is 1.84. The first kappa shape index (κ1) is 15.2. The molecule has 0 aromatic carbocycles. The molecule has 1 atom stereocenters. The van der Waals surface area contributed by atoms with Crippen molar-refractivity contribution in [2.24, 2.45) is 0 Å². The maximum atomic E-state index is 11.7. The lowest BCUT2D eigenvalue weighted by Gasteiger charge is -2.13. The van der Waals surface area contributed by atoms with Crippen LogP contribution in [0.1, 0.15) is 6.42 Å². The molecule has 1 rings (SSSR count). The van der Waals surface area contributed by atoms with E-state index in [1.165, 1.54) is 22.9 Å². The van der Waals surface area contributed by atoms with Gasteiger partial charge in [0.05, 0.1) is 0 Å². The van der Waals surface area contributed by atoms with Crippen molar-refractivity contribution in [3.05, 3.63) is 45.8 Å². The maximum absolute atomic E-state index is 11.7. The minimum atomic E-state index is -1.14. The third-order valence-electron chi connectivity index (χ3n) is 2.30. The minimum absolute atomic E-state index is 0.120. The van der Waals surface area contributed by atoms with Crippen LogP contribution in [0, 0.1) is 0 Å². The third-order valence-corrected chi connectivity index (χ3v) is 2.77. The highest BCUT2D eigenvalue weighted by atomic mass is 79.9. The van der Waals surface area contributed by atoms with Crippen LogP contribution in [0.3, 0.4) is 0 Å². The Morgan fingerprint density at radius 2 is 2.21 bits per heavy atom. The molecule has 1 heterocycles. The zero-order valence-corrected chi connectivity index (χ0v) is 11.6. The lowest BCUT2D eigenvalue weighted by atomic mass is 10.2. The Hall–Kier alpha value is -1.89. The molecular formula is C12H13BrN2O4. The molecule has 0 aliphatic rings. The van der Waals surface area contributed by atoms with Gasteiger partial charge in [0, 0.05) is 16.7 Å². The molecule has 0 saturated carbocycles. The number of nitrogens with zero attached hydrogens (tertiary/aromatic N) is 1. The van der Waals surface area contributed by atoms with Crippen LogP contribution in [0.15, 0.2) is 40.3 Å². The molecule has 0 radical (unpaired) electrons. The van der Waals surface area contributed by atoms with Gasteiger partial charge < -0.3 is 15.0 Å². The van der Waals surface area contributed by atoms with Gasteiger partial charge in [-0.3, -0.25) is 9.59 Å². The van der Waals surface area contributed by atoms with Gasteiger partial charge in [-0.05, 0) is 28.4 Å². The van der Waals surface area contributed by atoms with Gasteiger partial charge >= 0.3 is 5.97 Å². The fourth-order valence-electron chi connectivity index (χ4n) is 1.41. The number of carboxylic acid groups (broad SMARTS) is 1.